The van der Waals surface area contributed by atoms with Gasteiger partial charge in [-0.3, -0.25) is 0 Å². The van der Waals surface area contributed by atoms with Crippen molar-refractivity contribution in [3.63, 3.8) is 0 Å². The Hall–Kier alpha value is -1.66. The molecule has 0 aromatic heterocycles. The first-order valence-electron chi connectivity index (χ1n) is 5.83. The smallest absolute Gasteiger partial charge is 0.135 e. The van der Waals surface area contributed by atoms with E-state index in [4.69, 9.17) is 15.2 Å². The van der Waals surface area contributed by atoms with E-state index in [1.54, 1.807) is 7.11 Å². The fourth-order valence-electron chi connectivity index (χ4n) is 1.50. The standard InChI is InChI=1S/C14H17NO2/c1-16-13-6-7-14(17-10-11-4-5-11)12(9-13)3-2-8-15/h6-7,9,11H,4-5,8,10,15H2,1H3. The first-order chi connectivity index (χ1) is 8.33. The van der Waals surface area contributed by atoms with Crippen LogP contribution in [0.3, 0.4) is 0 Å². The summed E-state index contributed by atoms with van der Waals surface area (Å²) >= 11 is 0. The van der Waals surface area contributed by atoms with Crippen molar-refractivity contribution in [1.29, 1.82) is 0 Å². The highest BCUT2D eigenvalue weighted by Crippen LogP contribution is 2.31. The number of nitrogens with two attached hydrogens (primary N) is 1. The summed E-state index contributed by atoms with van der Waals surface area (Å²) in [4.78, 5) is 0. The number of rotatable bonds is 4. The Morgan fingerprint density at radius 1 is 1.41 bits per heavy atom. The molecule has 0 spiro atoms. The Balaban J connectivity index is 2.15. The van der Waals surface area contributed by atoms with Crippen molar-refractivity contribution in [2.45, 2.75) is 12.8 Å². The Morgan fingerprint density at radius 2 is 2.24 bits per heavy atom. The summed E-state index contributed by atoms with van der Waals surface area (Å²) < 4.78 is 10.9. The first kappa shape index (κ1) is 11.8. The Labute approximate surface area is 102 Å². The minimum absolute atomic E-state index is 0.347. The molecule has 0 aliphatic heterocycles. The van der Waals surface area contributed by atoms with Crippen LogP contribution in [-0.2, 0) is 0 Å². The van der Waals surface area contributed by atoms with Crippen molar-refractivity contribution < 1.29 is 9.47 Å². The molecule has 90 valence electrons. The number of hydrogen-bond acceptors (Lipinski definition) is 3. The summed E-state index contributed by atoms with van der Waals surface area (Å²) in [5, 5.41) is 0. The first-order valence-corrected chi connectivity index (χ1v) is 5.83. The van der Waals surface area contributed by atoms with Crippen LogP contribution in [0.2, 0.25) is 0 Å². The lowest BCUT2D eigenvalue weighted by Crippen LogP contribution is -2.01. The minimum atomic E-state index is 0.347. The van der Waals surface area contributed by atoms with Gasteiger partial charge in [-0.05, 0) is 37.0 Å². The normalized spacial score (nSPS) is 13.8. The quantitative estimate of drug-likeness (QED) is 0.803. The zero-order valence-corrected chi connectivity index (χ0v) is 10.0. The van der Waals surface area contributed by atoms with E-state index in [2.05, 4.69) is 11.8 Å². The van der Waals surface area contributed by atoms with Crippen molar-refractivity contribution in [2.24, 2.45) is 11.7 Å². The van der Waals surface area contributed by atoms with Gasteiger partial charge in [0.15, 0.2) is 0 Å². The largest absolute Gasteiger partial charge is 0.497 e. The molecule has 2 N–H and O–H groups in total. The van der Waals surface area contributed by atoms with Gasteiger partial charge in [0.1, 0.15) is 11.5 Å². The SMILES string of the molecule is COc1ccc(OCC2CC2)c(C#CCN)c1. The van der Waals surface area contributed by atoms with Gasteiger partial charge in [0.2, 0.25) is 0 Å². The second-order valence-electron chi connectivity index (χ2n) is 4.12. The monoisotopic (exact) mass is 231 g/mol. The summed E-state index contributed by atoms with van der Waals surface area (Å²) in [6.07, 6.45) is 2.56. The highest BCUT2D eigenvalue weighted by Gasteiger charge is 2.22. The Kier molecular flexibility index (Phi) is 3.89. The van der Waals surface area contributed by atoms with Crippen LogP contribution in [0.4, 0.5) is 0 Å². The van der Waals surface area contributed by atoms with Crippen LogP contribution in [0.15, 0.2) is 18.2 Å². The van der Waals surface area contributed by atoms with E-state index in [0.29, 0.717) is 6.54 Å². The van der Waals surface area contributed by atoms with Crippen LogP contribution >= 0.6 is 0 Å². The van der Waals surface area contributed by atoms with Crippen LogP contribution in [0.25, 0.3) is 0 Å². The topological polar surface area (TPSA) is 44.5 Å². The lowest BCUT2D eigenvalue weighted by molar-refractivity contribution is 0.298. The van der Waals surface area contributed by atoms with Crippen molar-refractivity contribution in [1.82, 2.24) is 0 Å². The number of ether oxygens (including phenoxy) is 2. The van der Waals surface area contributed by atoms with E-state index < -0.39 is 0 Å². The predicted octanol–water partition coefficient (Wildman–Crippen LogP) is 1.79. The van der Waals surface area contributed by atoms with E-state index in [-0.39, 0.29) is 0 Å². The summed E-state index contributed by atoms with van der Waals surface area (Å²) in [6, 6.07) is 5.67. The molecule has 1 aromatic rings. The minimum Gasteiger partial charge on any atom is -0.497 e. The molecule has 1 aliphatic carbocycles. The van der Waals surface area contributed by atoms with Gasteiger partial charge in [-0.2, -0.15) is 0 Å². The molecule has 0 saturated heterocycles. The third kappa shape index (κ3) is 3.40. The Morgan fingerprint density at radius 3 is 2.88 bits per heavy atom. The predicted molar refractivity (Wildman–Crippen MR) is 67.1 cm³/mol. The average molecular weight is 231 g/mol. The highest BCUT2D eigenvalue weighted by atomic mass is 16.5. The molecule has 3 heteroatoms. The molecule has 0 radical (unpaired) electrons. The van der Waals surface area contributed by atoms with Crippen LogP contribution in [0, 0.1) is 17.8 Å². The van der Waals surface area contributed by atoms with Crippen molar-refractivity contribution >= 4 is 0 Å². The third-order valence-electron chi connectivity index (χ3n) is 2.68. The van der Waals surface area contributed by atoms with Gasteiger partial charge in [-0.15, -0.1) is 0 Å². The second kappa shape index (κ2) is 5.60. The molecule has 2 rings (SSSR count). The average Bonchev–Trinajstić information content (AvgIpc) is 3.18. The highest BCUT2D eigenvalue weighted by molar-refractivity contribution is 5.50. The fourth-order valence-corrected chi connectivity index (χ4v) is 1.50. The van der Waals surface area contributed by atoms with Crippen LogP contribution in [0.5, 0.6) is 11.5 Å². The summed E-state index contributed by atoms with van der Waals surface area (Å²) in [5.74, 6) is 8.18. The molecule has 3 nitrogen and oxygen atoms in total. The van der Waals surface area contributed by atoms with Gasteiger partial charge in [-0.25, -0.2) is 0 Å². The lowest BCUT2D eigenvalue weighted by Gasteiger charge is -2.09. The van der Waals surface area contributed by atoms with Gasteiger partial charge in [0.25, 0.3) is 0 Å². The Bertz CT molecular complexity index is 441. The second-order valence-corrected chi connectivity index (χ2v) is 4.12. The van der Waals surface area contributed by atoms with E-state index in [0.717, 1.165) is 29.6 Å². The molecule has 0 atom stereocenters. The van der Waals surface area contributed by atoms with Crippen LogP contribution in [0.1, 0.15) is 18.4 Å². The maximum atomic E-state index is 5.76. The van der Waals surface area contributed by atoms with Gasteiger partial charge < -0.3 is 15.2 Å². The summed E-state index contributed by atoms with van der Waals surface area (Å²) in [6.45, 7) is 1.13. The number of hydrogen-bond donors (Lipinski definition) is 1. The lowest BCUT2D eigenvalue weighted by atomic mass is 10.2. The van der Waals surface area contributed by atoms with E-state index in [9.17, 15) is 0 Å². The maximum absolute atomic E-state index is 5.76. The van der Waals surface area contributed by atoms with Crippen molar-refractivity contribution in [2.75, 3.05) is 20.3 Å². The molecule has 0 bridgehead atoms. The van der Waals surface area contributed by atoms with Crippen LogP contribution < -0.4 is 15.2 Å². The van der Waals surface area contributed by atoms with Crippen LogP contribution in [-0.4, -0.2) is 20.3 Å². The summed E-state index contributed by atoms with van der Waals surface area (Å²) in [5.41, 5.74) is 6.23. The zero-order chi connectivity index (χ0) is 12.1. The molecule has 0 amide bonds. The van der Waals surface area contributed by atoms with Crippen molar-refractivity contribution in [3.05, 3.63) is 23.8 Å². The van der Waals surface area contributed by atoms with E-state index in [1.807, 2.05) is 18.2 Å². The molecule has 1 saturated carbocycles. The summed E-state index contributed by atoms with van der Waals surface area (Å²) in [7, 11) is 1.64. The molecule has 17 heavy (non-hydrogen) atoms. The molecular weight excluding hydrogens is 214 g/mol. The van der Waals surface area contributed by atoms with Gasteiger partial charge in [0.05, 0.1) is 25.8 Å². The molecule has 0 unspecified atom stereocenters. The molecule has 1 fully saturated rings. The van der Waals surface area contributed by atoms with E-state index in [1.165, 1.54) is 12.8 Å². The molecular formula is C14H17NO2. The van der Waals surface area contributed by atoms with E-state index >= 15 is 0 Å². The number of benzene rings is 1. The number of methoxy groups -OCH3 is 1. The molecule has 0 heterocycles. The molecule has 1 aliphatic rings. The maximum Gasteiger partial charge on any atom is 0.135 e. The van der Waals surface area contributed by atoms with Crippen molar-refractivity contribution in [3.8, 4) is 23.3 Å². The molecule has 1 aromatic carbocycles. The van der Waals surface area contributed by atoms with Gasteiger partial charge in [0, 0.05) is 0 Å². The zero-order valence-electron chi connectivity index (χ0n) is 10.0. The van der Waals surface area contributed by atoms with Gasteiger partial charge in [-0.1, -0.05) is 11.8 Å². The third-order valence-corrected chi connectivity index (χ3v) is 2.68. The fraction of sp³-hybridized carbons (Fsp3) is 0.429. The van der Waals surface area contributed by atoms with Gasteiger partial charge >= 0.3 is 0 Å².